The minimum Gasteiger partial charge on any atom is -0.477 e. The van der Waals surface area contributed by atoms with E-state index in [0.29, 0.717) is 12.2 Å². The summed E-state index contributed by atoms with van der Waals surface area (Å²) in [5, 5.41) is 15.0. The summed E-state index contributed by atoms with van der Waals surface area (Å²) in [6.07, 6.45) is 0.711. The Labute approximate surface area is 61.3 Å². The Morgan fingerprint density at radius 2 is 2.64 bits per heavy atom. The smallest absolute Gasteiger partial charge is 0.348 e. The van der Waals surface area contributed by atoms with Crippen LogP contribution in [0, 0.1) is 0 Å². The highest BCUT2D eigenvalue weighted by atomic mass is 16.4. The van der Waals surface area contributed by atoms with E-state index in [0.717, 1.165) is 0 Å². The van der Waals surface area contributed by atoms with Crippen LogP contribution in [0.15, 0.2) is 10.2 Å². The molecule has 0 amide bonds. The van der Waals surface area contributed by atoms with Crippen LogP contribution in [0.3, 0.4) is 0 Å². The van der Waals surface area contributed by atoms with E-state index in [9.17, 15) is 4.79 Å². The lowest BCUT2D eigenvalue weighted by molar-refractivity contribution is -0.128. The standard InChI is InChI=1S/C3H6N6O2/c10-2(11)1-4-5-3-6-8-9-7-3/h1,8-9H,(H,10,11)(H2,5,6,7)/b4-1-. The molecule has 0 saturated carbocycles. The molecule has 60 valence electrons. The molecule has 0 fully saturated rings. The van der Waals surface area contributed by atoms with Gasteiger partial charge in [0, 0.05) is 0 Å². The van der Waals surface area contributed by atoms with E-state index < -0.39 is 5.97 Å². The SMILES string of the molecule is O=C(O)/C=N\NC1=NNNN1. The van der Waals surface area contributed by atoms with E-state index in [4.69, 9.17) is 5.11 Å². The minimum atomic E-state index is -1.13. The van der Waals surface area contributed by atoms with E-state index in [1.807, 2.05) is 0 Å². The summed E-state index contributed by atoms with van der Waals surface area (Å²) in [7, 11) is 0. The predicted molar refractivity (Wildman–Crippen MR) is 36.1 cm³/mol. The Hall–Kier alpha value is -1.83. The zero-order valence-corrected chi connectivity index (χ0v) is 5.33. The molecule has 1 aliphatic rings. The molecule has 1 rings (SSSR count). The molecule has 8 nitrogen and oxygen atoms in total. The predicted octanol–water partition coefficient (Wildman–Crippen LogP) is -2.47. The van der Waals surface area contributed by atoms with Crippen LogP contribution in [0.4, 0.5) is 0 Å². The Bertz CT molecular complexity index is 210. The van der Waals surface area contributed by atoms with Gasteiger partial charge in [0.1, 0.15) is 6.21 Å². The minimum absolute atomic E-state index is 0.294. The lowest BCUT2D eigenvalue weighted by Crippen LogP contribution is -2.39. The van der Waals surface area contributed by atoms with E-state index in [1.54, 1.807) is 0 Å². The molecule has 0 unspecified atom stereocenters. The van der Waals surface area contributed by atoms with Crippen molar-refractivity contribution in [1.29, 1.82) is 0 Å². The second kappa shape index (κ2) is 3.37. The molecule has 1 heterocycles. The van der Waals surface area contributed by atoms with Gasteiger partial charge in [-0.15, -0.1) is 10.6 Å². The number of hydrogen-bond acceptors (Lipinski definition) is 7. The average molecular weight is 158 g/mol. The molecule has 0 aromatic carbocycles. The van der Waals surface area contributed by atoms with Gasteiger partial charge in [0.15, 0.2) is 0 Å². The summed E-state index contributed by atoms with van der Waals surface area (Å²) in [6.45, 7) is 0. The van der Waals surface area contributed by atoms with Gasteiger partial charge in [0.2, 0.25) is 0 Å². The van der Waals surface area contributed by atoms with Crippen LogP contribution in [0.2, 0.25) is 0 Å². The third kappa shape index (κ3) is 2.49. The van der Waals surface area contributed by atoms with Gasteiger partial charge in [0.05, 0.1) is 0 Å². The second-order valence-electron chi connectivity index (χ2n) is 1.53. The molecule has 0 aliphatic carbocycles. The number of carbonyl (C=O) groups is 1. The molecule has 1 aliphatic heterocycles. The lowest BCUT2D eigenvalue weighted by Gasteiger charge is -1.95. The van der Waals surface area contributed by atoms with Crippen LogP contribution in [-0.2, 0) is 4.79 Å². The summed E-state index contributed by atoms with van der Waals surface area (Å²) in [5.41, 5.74) is 9.59. The van der Waals surface area contributed by atoms with Gasteiger partial charge < -0.3 is 5.11 Å². The van der Waals surface area contributed by atoms with Crippen molar-refractivity contribution in [1.82, 2.24) is 21.9 Å². The number of hydrogen-bond donors (Lipinski definition) is 5. The largest absolute Gasteiger partial charge is 0.477 e. The van der Waals surface area contributed by atoms with E-state index in [2.05, 4.69) is 32.1 Å². The molecule has 0 bridgehead atoms. The van der Waals surface area contributed by atoms with Crippen molar-refractivity contribution in [2.24, 2.45) is 10.2 Å². The van der Waals surface area contributed by atoms with Crippen LogP contribution in [0.25, 0.3) is 0 Å². The number of aliphatic carboxylic acids is 1. The molecule has 0 aromatic rings. The lowest BCUT2D eigenvalue weighted by atomic mass is 10.8. The van der Waals surface area contributed by atoms with E-state index >= 15 is 0 Å². The van der Waals surface area contributed by atoms with Crippen molar-refractivity contribution in [3.05, 3.63) is 0 Å². The molecule has 0 atom stereocenters. The van der Waals surface area contributed by atoms with Crippen LogP contribution in [0.1, 0.15) is 0 Å². The molecule has 5 N–H and O–H groups in total. The molecule has 0 spiro atoms. The number of rotatable bonds is 2. The summed E-state index contributed by atoms with van der Waals surface area (Å²) < 4.78 is 0. The first-order valence-corrected chi connectivity index (χ1v) is 2.65. The number of nitrogens with one attached hydrogen (secondary N) is 4. The third-order valence-corrected chi connectivity index (χ3v) is 0.750. The Kier molecular flexibility index (Phi) is 2.23. The fourth-order valence-electron chi connectivity index (χ4n) is 0.401. The summed E-state index contributed by atoms with van der Waals surface area (Å²) in [6, 6.07) is 0. The van der Waals surface area contributed by atoms with Crippen molar-refractivity contribution < 1.29 is 9.90 Å². The Morgan fingerprint density at radius 3 is 3.18 bits per heavy atom. The normalized spacial score (nSPS) is 15.5. The van der Waals surface area contributed by atoms with Crippen molar-refractivity contribution in [3.8, 4) is 0 Å². The maximum atomic E-state index is 9.89. The number of carboxylic acid groups (broad SMARTS) is 1. The fraction of sp³-hybridized carbons (Fsp3) is 0. The summed E-state index contributed by atoms with van der Waals surface area (Å²) in [5.74, 6) is -0.834. The quantitative estimate of drug-likeness (QED) is 0.225. The van der Waals surface area contributed by atoms with Crippen LogP contribution in [-0.4, -0.2) is 23.2 Å². The molecular formula is C3H6N6O2. The van der Waals surface area contributed by atoms with Gasteiger partial charge in [-0.3, -0.25) is 5.43 Å². The van der Waals surface area contributed by atoms with Crippen LogP contribution < -0.4 is 21.9 Å². The van der Waals surface area contributed by atoms with Gasteiger partial charge in [-0.2, -0.15) is 5.10 Å². The van der Waals surface area contributed by atoms with Crippen molar-refractivity contribution in [2.45, 2.75) is 0 Å². The maximum absolute atomic E-state index is 9.89. The van der Waals surface area contributed by atoms with Crippen molar-refractivity contribution in [3.63, 3.8) is 0 Å². The van der Waals surface area contributed by atoms with Gasteiger partial charge in [-0.05, 0) is 0 Å². The highest BCUT2D eigenvalue weighted by molar-refractivity contribution is 6.22. The molecule has 11 heavy (non-hydrogen) atoms. The first-order chi connectivity index (χ1) is 5.29. The molecule has 0 aromatic heterocycles. The average Bonchev–Trinajstić information content (AvgIpc) is 2.39. The third-order valence-electron chi connectivity index (χ3n) is 0.750. The van der Waals surface area contributed by atoms with Crippen LogP contribution in [0.5, 0.6) is 0 Å². The highest BCUT2D eigenvalue weighted by Gasteiger charge is 1.99. The fourth-order valence-corrected chi connectivity index (χ4v) is 0.401. The molecule has 0 saturated heterocycles. The van der Waals surface area contributed by atoms with Crippen molar-refractivity contribution >= 4 is 18.1 Å². The van der Waals surface area contributed by atoms with Gasteiger partial charge in [-0.25, -0.2) is 15.8 Å². The van der Waals surface area contributed by atoms with Gasteiger partial charge in [-0.1, -0.05) is 0 Å². The molecule has 8 heteroatoms. The Morgan fingerprint density at radius 1 is 1.82 bits per heavy atom. The van der Waals surface area contributed by atoms with E-state index in [1.165, 1.54) is 0 Å². The maximum Gasteiger partial charge on any atom is 0.348 e. The summed E-state index contributed by atoms with van der Waals surface area (Å²) in [4.78, 5) is 9.89. The number of guanidine groups is 1. The Balaban J connectivity index is 2.26. The summed E-state index contributed by atoms with van der Waals surface area (Å²) >= 11 is 0. The number of hydrazine groups is 2. The van der Waals surface area contributed by atoms with Crippen LogP contribution >= 0.6 is 0 Å². The first-order valence-electron chi connectivity index (χ1n) is 2.65. The van der Waals surface area contributed by atoms with Gasteiger partial charge >= 0.3 is 5.97 Å². The van der Waals surface area contributed by atoms with E-state index in [-0.39, 0.29) is 0 Å². The first kappa shape index (κ1) is 7.28. The second-order valence-corrected chi connectivity index (χ2v) is 1.53. The number of hydrazone groups is 2. The van der Waals surface area contributed by atoms with Gasteiger partial charge in [0.25, 0.3) is 5.96 Å². The zero-order chi connectivity index (χ0) is 8.10. The molecule has 0 radical (unpaired) electrons. The molecular weight excluding hydrogens is 152 g/mol. The number of nitrogens with zero attached hydrogens (tertiary/aromatic N) is 2. The number of carboxylic acids is 1. The topological polar surface area (TPSA) is 110 Å². The van der Waals surface area contributed by atoms with Crippen molar-refractivity contribution in [2.75, 3.05) is 0 Å². The highest BCUT2D eigenvalue weighted by Crippen LogP contribution is 1.68. The zero-order valence-electron chi connectivity index (χ0n) is 5.33. The monoisotopic (exact) mass is 158 g/mol.